The van der Waals surface area contributed by atoms with Crippen LogP contribution in [0.2, 0.25) is 0 Å². The number of aliphatic hydroxyl groups is 1. The largest absolute Gasteiger partial charge is 0.396 e. The van der Waals surface area contributed by atoms with Gasteiger partial charge in [-0.3, -0.25) is 4.79 Å². The molecule has 3 nitrogen and oxygen atoms in total. The summed E-state index contributed by atoms with van der Waals surface area (Å²) in [5.74, 6) is 0.0259. The molecule has 0 bridgehead atoms. The first kappa shape index (κ1) is 16.7. The van der Waals surface area contributed by atoms with Crippen molar-refractivity contribution in [3.63, 3.8) is 0 Å². The van der Waals surface area contributed by atoms with Gasteiger partial charge in [-0.25, -0.2) is 0 Å². The maximum absolute atomic E-state index is 12.0. The first-order chi connectivity index (χ1) is 9.59. The van der Waals surface area contributed by atoms with Crippen molar-refractivity contribution in [2.75, 3.05) is 13.2 Å². The van der Waals surface area contributed by atoms with Crippen LogP contribution in [0.3, 0.4) is 0 Å². The molecule has 0 aliphatic carbocycles. The summed E-state index contributed by atoms with van der Waals surface area (Å²) in [5, 5.41) is 12.5. The monoisotopic (exact) mass is 277 g/mol. The van der Waals surface area contributed by atoms with Gasteiger partial charge in [-0.2, -0.15) is 0 Å². The summed E-state index contributed by atoms with van der Waals surface area (Å²) in [6.07, 6.45) is 3.12. The number of carbonyl (C=O) groups excluding carboxylic acids is 1. The molecular weight excluding hydrogens is 250 g/mol. The lowest BCUT2D eigenvalue weighted by Gasteiger charge is -2.29. The number of hydrogen-bond acceptors (Lipinski definition) is 2. The van der Waals surface area contributed by atoms with Crippen molar-refractivity contribution in [2.24, 2.45) is 5.41 Å². The highest BCUT2D eigenvalue weighted by atomic mass is 16.3. The highest BCUT2D eigenvalue weighted by Crippen LogP contribution is 2.24. The number of benzene rings is 1. The van der Waals surface area contributed by atoms with Gasteiger partial charge in [0, 0.05) is 12.0 Å². The lowest BCUT2D eigenvalue weighted by molar-refractivity contribution is -0.121. The molecule has 0 spiro atoms. The molecule has 0 aliphatic heterocycles. The second kappa shape index (κ2) is 8.05. The molecule has 0 unspecified atom stereocenters. The molecule has 0 aromatic heterocycles. The minimum Gasteiger partial charge on any atom is -0.396 e. The van der Waals surface area contributed by atoms with Crippen LogP contribution in [-0.2, 0) is 17.6 Å². The lowest BCUT2D eigenvalue weighted by atomic mass is 9.83. The molecule has 1 rings (SSSR count). The Morgan fingerprint density at radius 2 is 1.85 bits per heavy atom. The quantitative estimate of drug-likeness (QED) is 0.767. The van der Waals surface area contributed by atoms with Crippen molar-refractivity contribution >= 4 is 5.91 Å². The fraction of sp³-hybridized carbons (Fsp3) is 0.588. The highest BCUT2D eigenvalue weighted by molar-refractivity contribution is 5.78. The fourth-order valence-corrected chi connectivity index (χ4v) is 2.27. The van der Waals surface area contributed by atoms with E-state index in [9.17, 15) is 9.90 Å². The van der Waals surface area contributed by atoms with E-state index in [0.717, 1.165) is 24.8 Å². The Morgan fingerprint density at radius 1 is 1.20 bits per heavy atom. The summed E-state index contributed by atoms with van der Waals surface area (Å²) in [4.78, 5) is 12.0. The average molecular weight is 277 g/mol. The molecule has 112 valence electrons. The van der Waals surface area contributed by atoms with Gasteiger partial charge >= 0.3 is 0 Å². The molecule has 20 heavy (non-hydrogen) atoms. The van der Waals surface area contributed by atoms with Crippen LogP contribution in [0.25, 0.3) is 0 Å². The van der Waals surface area contributed by atoms with E-state index in [1.165, 1.54) is 5.56 Å². The minimum atomic E-state index is -0.180. The van der Waals surface area contributed by atoms with Crippen LogP contribution in [0.4, 0.5) is 0 Å². The summed E-state index contributed by atoms with van der Waals surface area (Å²) in [5.41, 5.74) is 2.12. The van der Waals surface area contributed by atoms with E-state index in [0.29, 0.717) is 13.0 Å². The van der Waals surface area contributed by atoms with E-state index >= 15 is 0 Å². The van der Waals surface area contributed by atoms with Crippen molar-refractivity contribution in [2.45, 2.75) is 46.5 Å². The maximum Gasteiger partial charge on any atom is 0.224 e. The number of nitrogens with one attached hydrogen (secondary N) is 1. The minimum absolute atomic E-state index is 0.0259. The Labute approximate surface area is 122 Å². The molecule has 1 aromatic rings. The molecule has 0 atom stereocenters. The van der Waals surface area contributed by atoms with Gasteiger partial charge in [-0.1, -0.05) is 45.0 Å². The van der Waals surface area contributed by atoms with Crippen LogP contribution in [0.5, 0.6) is 0 Å². The number of amides is 1. The molecule has 1 aromatic carbocycles. The third-order valence-corrected chi connectivity index (χ3v) is 4.26. The number of hydrogen-bond donors (Lipinski definition) is 2. The predicted octanol–water partition coefficient (Wildman–Crippen LogP) is 2.71. The van der Waals surface area contributed by atoms with Gasteiger partial charge in [0.2, 0.25) is 5.91 Å². The van der Waals surface area contributed by atoms with E-state index in [4.69, 9.17) is 0 Å². The number of rotatable bonds is 8. The molecular formula is C17H27NO2. The van der Waals surface area contributed by atoms with E-state index < -0.39 is 0 Å². The van der Waals surface area contributed by atoms with E-state index in [1.807, 2.05) is 12.1 Å². The third-order valence-electron chi connectivity index (χ3n) is 4.26. The average Bonchev–Trinajstić information content (AvgIpc) is 2.49. The molecule has 0 saturated heterocycles. The highest BCUT2D eigenvalue weighted by Gasteiger charge is 2.25. The van der Waals surface area contributed by atoms with Crippen molar-refractivity contribution in [1.29, 1.82) is 0 Å². The fourth-order valence-electron chi connectivity index (χ4n) is 2.27. The summed E-state index contributed by atoms with van der Waals surface area (Å²) in [7, 11) is 0. The smallest absolute Gasteiger partial charge is 0.224 e. The zero-order valence-corrected chi connectivity index (χ0v) is 12.9. The molecule has 3 heteroatoms. The molecule has 0 fully saturated rings. The van der Waals surface area contributed by atoms with Crippen LogP contribution < -0.4 is 5.32 Å². The lowest BCUT2D eigenvalue weighted by Crippen LogP contribution is -2.39. The van der Waals surface area contributed by atoms with Crippen molar-refractivity contribution in [3.8, 4) is 0 Å². The Balaban J connectivity index is 2.55. The molecule has 0 aliphatic rings. The van der Waals surface area contributed by atoms with Gasteiger partial charge in [-0.15, -0.1) is 0 Å². The summed E-state index contributed by atoms with van der Waals surface area (Å²) < 4.78 is 0. The Morgan fingerprint density at radius 3 is 2.40 bits per heavy atom. The van der Waals surface area contributed by atoms with E-state index in [1.54, 1.807) is 0 Å². The Kier molecular flexibility index (Phi) is 6.73. The SMILES string of the molecule is CCc1cccc(CC(=O)NCC(CC)(CC)CO)c1. The molecule has 0 radical (unpaired) electrons. The molecule has 2 N–H and O–H groups in total. The molecule has 0 saturated carbocycles. The van der Waals surface area contributed by atoms with Crippen molar-refractivity contribution < 1.29 is 9.90 Å². The Bertz CT molecular complexity index is 416. The van der Waals surface area contributed by atoms with Gasteiger partial charge in [-0.05, 0) is 30.4 Å². The van der Waals surface area contributed by atoms with Gasteiger partial charge in [0.15, 0.2) is 0 Å². The van der Waals surface area contributed by atoms with Crippen molar-refractivity contribution in [1.82, 2.24) is 5.32 Å². The van der Waals surface area contributed by atoms with Crippen LogP contribution in [0, 0.1) is 5.41 Å². The van der Waals surface area contributed by atoms with E-state index in [-0.39, 0.29) is 17.9 Å². The predicted molar refractivity (Wildman–Crippen MR) is 82.6 cm³/mol. The van der Waals surface area contributed by atoms with Crippen LogP contribution >= 0.6 is 0 Å². The maximum atomic E-state index is 12.0. The normalized spacial score (nSPS) is 11.4. The number of carbonyl (C=O) groups is 1. The second-order valence-corrected chi connectivity index (χ2v) is 5.49. The van der Waals surface area contributed by atoms with Crippen molar-refractivity contribution in [3.05, 3.63) is 35.4 Å². The van der Waals surface area contributed by atoms with Crippen LogP contribution in [0.15, 0.2) is 24.3 Å². The zero-order chi connectivity index (χ0) is 15.0. The van der Waals surface area contributed by atoms with Gasteiger partial charge < -0.3 is 10.4 Å². The summed E-state index contributed by atoms with van der Waals surface area (Å²) in [6.45, 7) is 6.87. The van der Waals surface area contributed by atoms with E-state index in [2.05, 4.69) is 38.2 Å². The van der Waals surface area contributed by atoms with Crippen LogP contribution in [-0.4, -0.2) is 24.2 Å². The standard InChI is InChI=1S/C17H27NO2/c1-4-14-8-7-9-15(10-14)11-16(20)18-12-17(5-2,6-3)13-19/h7-10,19H,4-6,11-13H2,1-3H3,(H,18,20). The first-order valence-electron chi connectivity index (χ1n) is 7.54. The second-order valence-electron chi connectivity index (χ2n) is 5.49. The van der Waals surface area contributed by atoms with Gasteiger partial charge in [0.25, 0.3) is 0 Å². The molecule has 1 amide bonds. The Hall–Kier alpha value is -1.35. The van der Waals surface area contributed by atoms with Gasteiger partial charge in [0.05, 0.1) is 13.0 Å². The summed E-state index contributed by atoms with van der Waals surface area (Å²) >= 11 is 0. The number of aliphatic hydroxyl groups excluding tert-OH is 1. The zero-order valence-electron chi connectivity index (χ0n) is 12.9. The first-order valence-corrected chi connectivity index (χ1v) is 7.54. The third kappa shape index (κ3) is 4.64. The molecule has 0 heterocycles. The van der Waals surface area contributed by atoms with Crippen LogP contribution in [0.1, 0.15) is 44.7 Å². The topological polar surface area (TPSA) is 49.3 Å². The number of aryl methyl sites for hydroxylation is 1. The summed E-state index contributed by atoms with van der Waals surface area (Å²) in [6, 6.07) is 8.14. The van der Waals surface area contributed by atoms with Gasteiger partial charge in [0.1, 0.15) is 0 Å².